The monoisotopic (exact) mass is 271 g/mol. The van der Waals surface area contributed by atoms with E-state index in [9.17, 15) is 0 Å². The van der Waals surface area contributed by atoms with Gasteiger partial charge in [-0.25, -0.2) is 0 Å². The summed E-state index contributed by atoms with van der Waals surface area (Å²) in [5.74, 6) is 0.995. The fraction of sp³-hybridized carbons (Fsp3) is 0.444. The van der Waals surface area contributed by atoms with Crippen molar-refractivity contribution in [2.24, 2.45) is 0 Å². The normalized spacial score (nSPS) is 12.8. The Hall–Kier alpha value is -1.54. The van der Waals surface area contributed by atoms with Gasteiger partial charge < -0.3 is 10.1 Å². The van der Waals surface area contributed by atoms with Crippen LogP contribution >= 0.6 is 0 Å². The molecule has 2 aromatic rings. The van der Waals surface area contributed by atoms with E-state index >= 15 is 0 Å². The van der Waals surface area contributed by atoms with Crippen LogP contribution in [0.5, 0.6) is 5.75 Å². The zero-order valence-electron chi connectivity index (χ0n) is 12.9. The largest absolute Gasteiger partial charge is 0.491 e. The fourth-order valence-electron chi connectivity index (χ4n) is 2.28. The van der Waals surface area contributed by atoms with E-state index in [0.717, 1.165) is 18.7 Å². The summed E-state index contributed by atoms with van der Waals surface area (Å²) in [7, 11) is 0. The van der Waals surface area contributed by atoms with Crippen molar-refractivity contribution < 1.29 is 4.74 Å². The van der Waals surface area contributed by atoms with Crippen molar-refractivity contribution in [3.05, 3.63) is 42.0 Å². The molecule has 2 aromatic carbocycles. The van der Waals surface area contributed by atoms with Crippen molar-refractivity contribution >= 4 is 10.8 Å². The molecule has 0 aromatic heterocycles. The summed E-state index contributed by atoms with van der Waals surface area (Å²) in [5, 5.41) is 6.12. The number of benzene rings is 2. The molecule has 1 N–H and O–H groups in total. The van der Waals surface area contributed by atoms with Gasteiger partial charge in [-0.05, 0) is 44.0 Å². The van der Waals surface area contributed by atoms with Crippen LogP contribution in [0.4, 0.5) is 0 Å². The molecule has 0 aliphatic rings. The van der Waals surface area contributed by atoms with Crippen molar-refractivity contribution in [1.29, 1.82) is 0 Å². The molecule has 20 heavy (non-hydrogen) atoms. The van der Waals surface area contributed by atoms with Crippen LogP contribution in [0.2, 0.25) is 0 Å². The standard InChI is InChI=1S/C18H25NO/c1-5-14(4)19-12-17-16-9-7-6-8-15(16)10-11-18(17)20-13(2)3/h6-11,13-14,19H,5,12H2,1-4H3. The van der Waals surface area contributed by atoms with Crippen LogP contribution in [0.3, 0.4) is 0 Å². The van der Waals surface area contributed by atoms with E-state index in [1.54, 1.807) is 0 Å². The summed E-state index contributed by atoms with van der Waals surface area (Å²) in [4.78, 5) is 0. The lowest BCUT2D eigenvalue weighted by atomic mass is 10.0. The van der Waals surface area contributed by atoms with Gasteiger partial charge >= 0.3 is 0 Å². The molecule has 0 saturated heterocycles. The minimum Gasteiger partial charge on any atom is -0.491 e. The Morgan fingerprint density at radius 2 is 1.80 bits per heavy atom. The molecule has 0 spiro atoms. The predicted octanol–water partition coefficient (Wildman–Crippen LogP) is 4.52. The molecular weight excluding hydrogens is 246 g/mol. The second kappa shape index (κ2) is 6.76. The first-order chi connectivity index (χ1) is 9.61. The molecule has 0 radical (unpaired) electrons. The van der Waals surface area contributed by atoms with Crippen molar-refractivity contribution in [3.8, 4) is 5.75 Å². The van der Waals surface area contributed by atoms with Gasteiger partial charge in [-0.15, -0.1) is 0 Å². The molecule has 2 heteroatoms. The number of nitrogens with one attached hydrogen (secondary N) is 1. The second-order valence-electron chi connectivity index (χ2n) is 5.62. The zero-order chi connectivity index (χ0) is 14.5. The van der Waals surface area contributed by atoms with E-state index in [2.05, 4.69) is 69.4 Å². The second-order valence-corrected chi connectivity index (χ2v) is 5.62. The van der Waals surface area contributed by atoms with Gasteiger partial charge in [-0.3, -0.25) is 0 Å². The Morgan fingerprint density at radius 1 is 1.05 bits per heavy atom. The summed E-state index contributed by atoms with van der Waals surface area (Å²) >= 11 is 0. The molecule has 108 valence electrons. The smallest absolute Gasteiger partial charge is 0.124 e. The minimum absolute atomic E-state index is 0.193. The van der Waals surface area contributed by atoms with Crippen molar-refractivity contribution in [3.63, 3.8) is 0 Å². The number of hydrogen-bond acceptors (Lipinski definition) is 2. The van der Waals surface area contributed by atoms with E-state index in [1.807, 2.05) is 0 Å². The van der Waals surface area contributed by atoms with E-state index < -0.39 is 0 Å². The highest BCUT2D eigenvalue weighted by Crippen LogP contribution is 2.29. The Morgan fingerprint density at radius 3 is 2.50 bits per heavy atom. The Balaban J connectivity index is 2.38. The average Bonchev–Trinajstić information content (AvgIpc) is 2.45. The van der Waals surface area contributed by atoms with Crippen molar-refractivity contribution in [2.45, 2.75) is 52.8 Å². The van der Waals surface area contributed by atoms with Crippen molar-refractivity contribution in [2.75, 3.05) is 0 Å². The van der Waals surface area contributed by atoms with Gasteiger partial charge in [0.2, 0.25) is 0 Å². The first kappa shape index (κ1) is 14.9. The molecule has 0 amide bonds. The number of ether oxygens (including phenoxy) is 1. The van der Waals surface area contributed by atoms with E-state index in [4.69, 9.17) is 4.74 Å². The van der Waals surface area contributed by atoms with Gasteiger partial charge in [0.25, 0.3) is 0 Å². The van der Waals surface area contributed by atoms with Gasteiger partial charge in [0.15, 0.2) is 0 Å². The first-order valence-corrected chi connectivity index (χ1v) is 7.52. The van der Waals surface area contributed by atoms with Crippen LogP contribution in [0, 0.1) is 0 Å². The quantitative estimate of drug-likeness (QED) is 0.834. The molecular formula is C18H25NO. The van der Waals surface area contributed by atoms with Crippen LogP contribution in [0.15, 0.2) is 36.4 Å². The molecule has 0 fully saturated rings. The third-order valence-corrected chi connectivity index (χ3v) is 3.60. The van der Waals surface area contributed by atoms with Gasteiger partial charge in [-0.1, -0.05) is 37.3 Å². The maximum Gasteiger partial charge on any atom is 0.124 e. The van der Waals surface area contributed by atoms with E-state index in [0.29, 0.717) is 6.04 Å². The topological polar surface area (TPSA) is 21.3 Å². The van der Waals surface area contributed by atoms with Crippen LogP contribution < -0.4 is 10.1 Å². The highest BCUT2D eigenvalue weighted by molar-refractivity contribution is 5.87. The summed E-state index contributed by atoms with van der Waals surface area (Å²) in [6.45, 7) is 9.40. The minimum atomic E-state index is 0.193. The maximum atomic E-state index is 5.98. The lowest BCUT2D eigenvalue weighted by molar-refractivity contribution is 0.239. The number of rotatable bonds is 6. The maximum absolute atomic E-state index is 5.98. The zero-order valence-corrected chi connectivity index (χ0v) is 12.9. The van der Waals surface area contributed by atoms with Crippen LogP contribution in [-0.2, 0) is 6.54 Å². The highest BCUT2D eigenvalue weighted by atomic mass is 16.5. The first-order valence-electron chi connectivity index (χ1n) is 7.52. The number of fused-ring (bicyclic) bond motifs is 1. The fourth-order valence-corrected chi connectivity index (χ4v) is 2.28. The van der Waals surface area contributed by atoms with Crippen LogP contribution in [0.25, 0.3) is 10.8 Å². The molecule has 0 aliphatic heterocycles. The third kappa shape index (κ3) is 3.51. The number of hydrogen-bond donors (Lipinski definition) is 1. The molecule has 2 rings (SSSR count). The van der Waals surface area contributed by atoms with Crippen LogP contribution in [0.1, 0.15) is 39.7 Å². The molecule has 0 heterocycles. The molecule has 0 saturated carbocycles. The van der Waals surface area contributed by atoms with Gasteiger partial charge in [0, 0.05) is 18.2 Å². The average molecular weight is 271 g/mol. The van der Waals surface area contributed by atoms with Gasteiger partial charge in [0.05, 0.1) is 6.10 Å². The molecule has 0 aliphatic carbocycles. The van der Waals surface area contributed by atoms with Crippen LogP contribution in [-0.4, -0.2) is 12.1 Å². The van der Waals surface area contributed by atoms with E-state index in [-0.39, 0.29) is 6.10 Å². The molecule has 0 bridgehead atoms. The van der Waals surface area contributed by atoms with Gasteiger partial charge in [0.1, 0.15) is 5.75 Å². The molecule has 2 nitrogen and oxygen atoms in total. The SMILES string of the molecule is CCC(C)NCc1c(OC(C)C)ccc2ccccc12. The highest BCUT2D eigenvalue weighted by Gasteiger charge is 2.11. The Bertz CT molecular complexity index is 562. The summed E-state index contributed by atoms with van der Waals surface area (Å²) in [5.41, 5.74) is 1.26. The van der Waals surface area contributed by atoms with Gasteiger partial charge in [-0.2, -0.15) is 0 Å². The summed E-state index contributed by atoms with van der Waals surface area (Å²) in [6, 6.07) is 13.2. The summed E-state index contributed by atoms with van der Waals surface area (Å²) in [6.07, 6.45) is 1.32. The Labute approximate surface area is 122 Å². The van der Waals surface area contributed by atoms with E-state index in [1.165, 1.54) is 16.3 Å². The lowest BCUT2D eigenvalue weighted by Crippen LogP contribution is -2.25. The van der Waals surface area contributed by atoms with Crippen molar-refractivity contribution in [1.82, 2.24) is 5.32 Å². The summed E-state index contributed by atoms with van der Waals surface area (Å²) < 4.78 is 5.98. The predicted molar refractivity (Wildman–Crippen MR) is 86.3 cm³/mol. The Kier molecular flexibility index (Phi) is 5.02. The lowest BCUT2D eigenvalue weighted by Gasteiger charge is -2.18. The third-order valence-electron chi connectivity index (χ3n) is 3.60. The molecule has 1 atom stereocenters. The molecule has 1 unspecified atom stereocenters.